The fraction of sp³-hybridized carbons (Fsp3) is 0.500. The molecular formula is C14H19NO3. The molecule has 1 aromatic carbocycles. The molecule has 18 heavy (non-hydrogen) atoms. The van der Waals surface area contributed by atoms with Crippen LogP contribution in [0.3, 0.4) is 0 Å². The van der Waals surface area contributed by atoms with Crippen molar-refractivity contribution in [2.75, 3.05) is 25.6 Å². The van der Waals surface area contributed by atoms with E-state index in [4.69, 9.17) is 9.84 Å². The summed E-state index contributed by atoms with van der Waals surface area (Å²) >= 11 is 0. The van der Waals surface area contributed by atoms with Gasteiger partial charge in [-0.2, -0.15) is 0 Å². The zero-order valence-electron chi connectivity index (χ0n) is 10.8. The number of hydrogen-bond acceptors (Lipinski definition) is 3. The highest BCUT2D eigenvalue weighted by Gasteiger charge is 2.45. The lowest BCUT2D eigenvalue weighted by Crippen LogP contribution is -2.28. The Labute approximate surface area is 107 Å². The van der Waals surface area contributed by atoms with Gasteiger partial charge >= 0.3 is 5.97 Å². The number of hydrogen-bond donors (Lipinski definition) is 1. The monoisotopic (exact) mass is 249 g/mol. The molecule has 4 nitrogen and oxygen atoms in total. The zero-order chi connectivity index (χ0) is 13.2. The molecule has 0 spiro atoms. The number of methoxy groups -OCH3 is 1. The van der Waals surface area contributed by atoms with Crippen LogP contribution in [0.25, 0.3) is 0 Å². The largest absolute Gasteiger partial charge is 0.497 e. The number of nitrogens with zero attached hydrogens (tertiary/aromatic N) is 1. The fourth-order valence-corrected chi connectivity index (χ4v) is 2.32. The second-order valence-electron chi connectivity index (χ2n) is 5.12. The number of ether oxygens (including phenoxy) is 1. The highest BCUT2D eigenvalue weighted by atomic mass is 16.5. The summed E-state index contributed by atoms with van der Waals surface area (Å²) in [6.45, 7) is 0.797. The molecule has 1 N–H and O–H groups in total. The van der Waals surface area contributed by atoms with Gasteiger partial charge in [-0.1, -0.05) is 0 Å². The zero-order valence-corrected chi connectivity index (χ0v) is 10.8. The third-order valence-corrected chi connectivity index (χ3v) is 3.57. The summed E-state index contributed by atoms with van der Waals surface area (Å²) in [6, 6.07) is 7.83. The molecule has 1 saturated carbocycles. The molecule has 0 aliphatic heterocycles. The lowest BCUT2D eigenvalue weighted by molar-refractivity contribution is -0.138. The van der Waals surface area contributed by atoms with Crippen molar-refractivity contribution in [2.45, 2.75) is 19.3 Å². The summed E-state index contributed by atoms with van der Waals surface area (Å²) in [5.41, 5.74) is 1.08. The van der Waals surface area contributed by atoms with Gasteiger partial charge in [-0.05, 0) is 42.5 Å². The van der Waals surface area contributed by atoms with E-state index in [0.717, 1.165) is 30.8 Å². The Bertz CT molecular complexity index is 423. The maximum Gasteiger partial charge on any atom is 0.303 e. The Morgan fingerprint density at radius 3 is 2.44 bits per heavy atom. The van der Waals surface area contributed by atoms with Crippen LogP contribution in [0, 0.1) is 5.41 Å². The normalized spacial score (nSPS) is 16.1. The predicted octanol–water partition coefficient (Wildman–Crippen LogP) is 2.39. The van der Waals surface area contributed by atoms with Crippen LogP contribution in [-0.4, -0.2) is 31.8 Å². The maximum absolute atomic E-state index is 10.8. The van der Waals surface area contributed by atoms with Crippen molar-refractivity contribution >= 4 is 11.7 Å². The van der Waals surface area contributed by atoms with Gasteiger partial charge in [-0.3, -0.25) is 4.79 Å². The highest BCUT2D eigenvalue weighted by molar-refractivity contribution is 5.68. The van der Waals surface area contributed by atoms with Crippen molar-refractivity contribution in [3.05, 3.63) is 24.3 Å². The summed E-state index contributed by atoms with van der Waals surface area (Å²) < 4.78 is 5.12. The Hall–Kier alpha value is -1.71. The number of rotatable bonds is 6. The number of aliphatic carboxylic acids is 1. The number of carboxylic acid groups (broad SMARTS) is 1. The van der Waals surface area contributed by atoms with Crippen molar-refractivity contribution < 1.29 is 14.6 Å². The van der Waals surface area contributed by atoms with Crippen molar-refractivity contribution in [2.24, 2.45) is 5.41 Å². The maximum atomic E-state index is 10.8. The lowest BCUT2D eigenvalue weighted by Gasteiger charge is -2.24. The average molecular weight is 249 g/mol. The van der Waals surface area contributed by atoms with Crippen LogP contribution in [0.4, 0.5) is 5.69 Å². The van der Waals surface area contributed by atoms with Gasteiger partial charge in [-0.25, -0.2) is 0 Å². The predicted molar refractivity (Wildman–Crippen MR) is 70.2 cm³/mol. The molecule has 2 rings (SSSR count). The highest BCUT2D eigenvalue weighted by Crippen LogP contribution is 2.49. The first-order chi connectivity index (χ1) is 8.54. The van der Waals surface area contributed by atoms with Crippen molar-refractivity contribution in [3.8, 4) is 5.75 Å². The lowest BCUT2D eigenvalue weighted by atomic mass is 10.0. The Balaban J connectivity index is 1.98. The Morgan fingerprint density at radius 1 is 1.39 bits per heavy atom. The third-order valence-electron chi connectivity index (χ3n) is 3.57. The van der Waals surface area contributed by atoms with E-state index in [-0.39, 0.29) is 11.8 Å². The SMILES string of the molecule is COc1ccc(N(C)CC2(CC(=O)O)CC2)cc1. The minimum Gasteiger partial charge on any atom is -0.497 e. The molecule has 4 heteroatoms. The topological polar surface area (TPSA) is 49.8 Å². The van der Waals surface area contributed by atoms with Gasteiger partial charge < -0.3 is 14.7 Å². The smallest absolute Gasteiger partial charge is 0.303 e. The van der Waals surface area contributed by atoms with Crippen LogP contribution < -0.4 is 9.64 Å². The van der Waals surface area contributed by atoms with Gasteiger partial charge in [-0.15, -0.1) is 0 Å². The van der Waals surface area contributed by atoms with Crippen LogP contribution in [0.1, 0.15) is 19.3 Å². The first-order valence-corrected chi connectivity index (χ1v) is 6.12. The van der Waals surface area contributed by atoms with Gasteiger partial charge in [0.1, 0.15) is 5.75 Å². The average Bonchev–Trinajstić information content (AvgIpc) is 3.07. The number of anilines is 1. The second kappa shape index (κ2) is 4.88. The standard InChI is InChI=1S/C14H19NO3/c1-15(10-14(7-8-14)9-13(16)17)11-3-5-12(18-2)6-4-11/h3-6H,7-10H2,1-2H3,(H,16,17). The van der Waals surface area contributed by atoms with E-state index in [9.17, 15) is 4.79 Å². The third kappa shape index (κ3) is 2.94. The van der Waals surface area contributed by atoms with E-state index in [1.165, 1.54) is 0 Å². The quantitative estimate of drug-likeness (QED) is 0.841. The van der Waals surface area contributed by atoms with E-state index < -0.39 is 5.97 Å². The van der Waals surface area contributed by atoms with Crippen LogP contribution in [0.2, 0.25) is 0 Å². The fourth-order valence-electron chi connectivity index (χ4n) is 2.32. The van der Waals surface area contributed by atoms with Crippen LogP contribution in [-0.2, 0) is 4.79 Å². The molecule has 0 unspecified atom stereocenters. The van der Waals surface area contributed by atoms with Gasteiger partial charge in [0, 0.05) is 19.3 Å². The van der Waals surface area contributed by atoms with Crippen LogP contribution >= 0.6 is 0 Å². The van der Waals surface area contributed by atoms with Crippen LogP contribution in [0.15, 0.2) is 24.3 Å². The number of benzene rings is 1. The van der Waals surface area contributed by atoms with E-state index >= 15 is 0 Å². The summed E-state index contributed by atoms with van der Waals surface area (Å²) in [5.74, 6) is 0.134. The minimum atomic E-state index is -0.698. The summed E-state index contributed by atoms with van der Waals surface area (Å²) in [4.78, 5) is 12.9. The van der Waals surface area contributed by atoms with Gasteiger partial charge in [0.15, 0.2) is 0 Å². The number of carbonyl (C=O) groups is 1. The van der Waals surface area contributed by atoms with Gasteiger partial charge in [0.25, 0.3) is 0 Å². The summed E-state index contributed by atoms with van der Waals surface area (Å²) in [5, 5.41) is 8.91. The molecule has 0 bridgehead atoms. The molecular weight excluding hydrogens is 230 g/mol. The van der Waals surface area contributed by atoms with Crippen molar-refractivity contribution in [1.82, 2.24) is 0 Å². The van der Waals surface area contributed by atoms with Crippen LogP contribution in [0.5, 0.6) is 5.75 Å². The molecule has 0 saturated heterocycles. The molecule has 1 fully saturated rings. The molecule has 1 aliphatic rings. The van der Waals surface area contributed by atoms with Gasteiger partial charge in [0.05, 0.1) is 13.5 Å². The Kier molecular flexibility index (Phi) is 3.45. The van der Waals surface area contributed by atoms with E-state index in [2.05, 4.69) is 4.90 Å². The molecule has 0 atom stereocenters. The van der Waals surface area contributed by atoms with Crippen molar-refractivity contribution in [3.63, 3.8) is 0 Å². The first kappa shape index (κ1) is 12.7. The second-order valence-corrected chi connectivity index (χ2v) is 5.12. The van der Waals surface area contributed by atoms with Crippen molar-refractivity contribution in [1.29, 1.82) is 0 Å². The van der Waals surface area contributed by atoms with E-state index in [1.54, 1.807) is 7.11 Å². The molecule has 1 aromatic rings. The molecule has 98 valence electrons. The molecule has 0 heterocycles. The Morgan fingerprint density at radius 2 is 2.00 bits per heavy atom. The molecule has 1 aliphatic carbocycles. The molecule has 0 amide bonds. The summed E-state index contributed by atoms with van der Waals surface area (Å²) in [6.07, 6.45) is 2.30. The van der Waals surface area contributed by atoms with E-state index in [0.29, 0.717) is 0 Å². The first-order valence-electron chi connectivity index (χ1n) is 6.12. The molecule has 0 aromatic heterocycles. The number of carboxylic acids is 1. The minimum absolute atomic E-state index is 0.0134. The molecule has 0 radical (unpaired) electrons. The summed E-state index contributed by atoms with van der Waals surface area (Å²) in [7, 11) is 3.65. The van der Waals surface area contributed by atoms with E-state index in [1.807, 2.05) is 31.3 Å². The van der Waals surface area contributed by atoms with Gasteiger partial charge in [0.2, 0.25) is 0 Å².